The molecule has 298 valence electrons. The molecule has 1 saturated heterocycles. The number of rotatable bonds is 8. The molecule has 13 heteroatoms. The van der Waals surface area contributed by atoms with Crippen LogP contribution < -0.4 is 0 Å². The van der Waals surface area contributed by atoms with Crippen LogP contribution in [0.4, 0.5) is 0 Å². The lowest BCUT2D eigenvalue weighted by molar-refractivity contribution is -0.157. The topological polar surface area (TPSA) is 164 Å². The summed E-state index contributed by atoms with van der Waals surface area (Å²) in [6, 6.07) is 19.3. The molecule has 2 aromatic carbocycles. The molecule has 2 unspecified atom stereocenters. The number of ether oxygens (including phenoxy) is 6. The van der Waals surface area contributed by atoms with Gasteiger partial charge in [-0.25, -0.2) is 9.59 Å². The molecule has 6 rings (SSSR count). The lowest BCUT2D eigenvalue weighted by Crippen LogP contribution is -2.36. The largest absolute Gasteiger partial charge is 0.481 e. The third-order valence-electron chi connectivity index (χ3n) is 8.31. The van der Waals surface area contributed by atoms with E-state index < -0.39 is 22.8 Å². The van der Waals surface area contributed by atoms with Crippen LogP contribution in [0.5, 0.6) is 0 Å². The van der Waals surface area contributed by atoms with Gasteiger partial charge in [-0.05, 0) is 55.6 Å². The zero-order chi connectivity index (χ0) is 39.7. The number of alkyl halides is 1. The highest BCUT2D eigenvalue weighted by molar-refractivity contribution is 14.1. The Kier molecular flexibility index (Phi) is 22.3. The fourth-order valence-corrected chi connectivity index (χ4v) is 5.04. The summed E-state index contributed by atoms with van der Waals surface area (Å²) in [7, 11) is 0. The number of halogens is 1. The standard InChI is InChI=1S/C14H16O3.C13H14O3.C7H12O3.C6H8O3.CH3I.H2/c1-14(8-5-9-16-11-14)13(15)17-10-12-6-3-2-4-7-12;14-13(12-7-4-8-15-10-12)16-9-11-5-2-1-3-6-11;1-7(6(8)9)3-2-4-10-5-7;7-6(8)5-2-1-3-9-4-5;1-2;/h2-8H,9-11H2,1H3;1-3,5-7H,4,8-10H2;2-5H2,1H3,(H,8,9);2H,1,3-4H2,(H,7,8);1H3;1H. The molecule has 0 bridgehead atoms. The molecule has 4 aliphatic rings. The smallest absolute Gasteiger partial charge is 0.336 e. The molecule has 4 heterocycles. The van der Waals surface area contributed by atoms with Crippen molar-refractivity contribution in [3.05, 3.63) is 107 Å². The fraction of sp³-hybridized carbons (Fsp3) is 0.463. The molecule has 2 aromatic rings. The Morgan fingerprint density at radius 3 is 1.70 bits per heavy atom. The summed E-state index contributed by atoms with van der Waals surface area (Å²) in [5.41, 5.74) is 1.72. The molecule has 0 radical (unpaired) electrons. The van der Waals surface area contributed by atoms with E-state index in [9.17, 15) is 19.2 Å². The minimum Gasteiger partial charge on any atom is -0.481 e. The van der Waals surface area contributed by atoms with Crippen LogP contribution in [0.3, 0.4) is 0 Å². The van der Waals surface area contributed by atoms with Crippen molar-refractivity contribution in [2.45, 2.75) is 52.7 Å². The average molecular weight is 867 g/mol. The average Bonchev–Trinajstić information content (AvgIpc) is 3.22. The Morgan fingerprint density at radius 2 is 1.30 bits per heavy atom. The summed E-state index contributed by atoms with van der Waals surface area (Å²) in [4.78, 5) is 46.3. The normalized spacial score (nSPS) is 21.4. The maximum Gasteiger partial charge on any atom is 0.336 e. The Balaban J connectivity index is 0.000000370. The van der Waals surface area contributed by atoms with E-state index >= 15 is 0 Å². The number of hydrogen-bond acceptors (Lipinski definition) is 10. The summed E-state index contributed by atoms with van der Waals surface area (Å²) in [6.45, 7) is 8.18. The molecule has 0 saturated carbocycles. The van der Waals surface area contributed by atoms with Crippen LogP contribution in [0.1, 0.15) is 52.1 Å². The Morgan fingerprint density at radius 1 is 0.741 bits per heavy atom. The maximum atomic E-state index is 11.9. The summed E-state index contributed by atoms with van der Waals surface area (Å²) in [5, 5.41) is 17.1. The lowest BCUT2D eigenvalue weighted by Gasteiger charge is -2.28. The molecule has 12 nitrogen and oxygen atoms in total. The van der Waals surface area contributed by atoms with Crippen molar-refractivity contribution in [3.63, 3.8) is 0 Å². The third-order valence-corrected chi connectivity index (χ3v) is 8.31. The van der Waals surface area contributed by atoms with Gasteiger partial charge in [0.2, 0.25) is 0 Å². The highest BCUT2D eigenvalue weighted by Crippen LogP contribution is 2.27. The van der Waals surface area contributed by atoms with Crippen LogP contribution >= 0.6 is 22.6 Å². The van der Waals surface area contributed by atoms with E-state index in [-0.39, 0.29) is 20.0 Å². The van der Waals surface area contributed by atoms with Crippen LogP contribution in [0.25, 0.3) is 0 Å². The van der Waals surface area contributed by atoms with Crippen LogP contribution in [-0.2, 0) is 60.8 Å². The Hall–Kier alpha value is -3.89. The number of carbonyl (C=O) groups excluding carboxylic acids is 2. The minimum atomic E-state index is -0.866. The van der Waals surface area contributed by atoms with Crippen LogP contribution in [0.2, 0.25) is 0 Å². The minimum absolute atomic E-state index is 0. The van der Waals surface area contributed by atoms with Crippen LogP contribution in [0, 0.1) is 10.8 Å². The summed E-state index contributed by atoms with van der Waals surface area (Å²) < 4.78 is 30.9. The van der Waals surface area contributed by atoms with E-state index in [0.717, 1.165) is 36.8 Å². The van der Waals surface area contributed by atoms with Gasteiger partial charge in [-0.15, -0.1) is 0 Å². The number of carboxylic acid groups (broad SMARTS) is 2. The zero-order valence-corrected chi connectivity index (χ0v) is 33.5. The first-order valence-electron chi connectivity index (χ1n) is 17.7. The monoisotopic (exact) mass is 866 g/mol. The van der Waals surface area contributed by atoms with E-state index in [0.29, 0.717) is 70.6 Å². The molecular formula is C41H55IO12. The van der Waals surface area contributed by atoms with Crippen molar-refractivity contribution in [1.29, 1.82) is 0 Å². The van der Waals surface area contributed by atoms with Gasteiger partial charge < -0.3 is 38.6 Å². The molecular weight excluding hydrogens is 811 g/mol. The number of esters is 2. The van der Waals surface area contributed by atoms with Crippen molar-refractivity contribution in [1.82, 2.24) is 0 Å². The first-order valence-corrected chi connectivity index (χ1v) is 19.8. The van der Waals surface area contributed by atoms with Gasteiger partial charge in [-0.1, -0.05) is 108 Å². The number of hydrogen-bond donors (Lipinski definition) is 2. The maximum absolute atomic E-state index is 11.9. The first kappa shape index (κ1) is 46.3. The van der Waals surface area contributed by atoms with Crippen molar-refractivity contribution >= 4 is 46.5 Å². The molecule has 54 heavy (non-hydrogen) atoms. The van der Waals surface area contributed by atoms with E-state index in [1.54, 1.807) is 13.0 Å². The van der Waals surface area contributed by atoms with Gasteiger partial charge in [0.15, 0.2) is 0 Å². The zero-order valence-electron chi connectivity index (χ0n) is 31.3. The molecule has 2 N–H and O–H groups in total. The molecule has 0 spiro atoms. The molecule has 0 aliphatic carbocycles. The van der Waals surface area contributed by atoms with Gasteiger partial charge in [0, 0.05) is 8.03 Å². The van der Waals surface area contributed by atoms with Crippen LogP contribution in [-0.4, -0.2) is 91.9 Å². The van der Waals surface area contributed by atoms with Crippen molar-refractivity contribution in [2.75, 3.05) is 57.8 Å². The van der Waals surface area contributed by atoms with E-state index in [2.05, 4.69) is 22.6 Å². The van der Waals surface area contributed by atoms with Gasteiger partial charge in [0.25, 0.3) is 0 Å². The quantitative estimate of drug-likeness (QED) is 0.121. The van der Waals surface area contributed by atoms with Gasteiger partial charge in [0.1, 0.15) is 18.6 Å². The van der Waals surface area contributed by atoms with E-state index in [1.165, 1.54) is 0 Å². The molecule has 2 atom stereocenters. The predicted molar refractivity (Wildman–Crippen MR) is 213 cm³/mol. The third kappa shape index (κ3) is 17.5. The Bertz CT molecular complexity index is 1520. The van der Waals surface area contributed by atoms with Gasteiger partial charge in [-0.3, -0.25) is 9.59 Å². The predicted octanol–water partition coefficient (Wildman–Crippen LogP) is 7.00. The summed E-state index contributed by atoms with van der Waals surface area (Å²) in [6.07, 6.45) is 10.4. The Labute approximate surface area is 333 Å². The second kappa shape index (κ2) is 26.0. The summed E-state index contributed by atoms with van der Waals surface area (Å²) in [5.74, 6) is -2.12. The van der Waals surface area contributed by atoms with Crippen LogP contribution in [0.15, 0.2) is 96.1 Å². The second-order valence-corrected chi connectivity index (χ2v) is 12.9. The molecule has 0 amide bonds. The second-order valence-electron chi connectivity index (χ2n) is 12.9. The number of aliphatic carboxylic acids is 2. The highest BCUT2D eigenvalue weighted by atomic mass is 127. The van der Waals surface area contributed by atoms with E-state index in [1.807, 2.05) is 90.7 Å². The number of carbonyl (C=O) groups is 4. The SMILES string of the molecule is CC1(C(=O)O)CCCOC1.CC1(C(=O)OCc2ccccc2)C=CCOC1.CI.O=C(O)C1=CCCOC1.O=C(OCc1ccccc1)C1=CCCOC1.[HH]. The van der Waals surface area contributed by atoms with Crippen molar-refractivity contribution in [3.8, 4) is 0 Å². The van der Waals surface area contributed by atoms with Crippen molar-refractivity contribution < 1.29 is 59.2 Å². The fourth-order valence-electron chi connectivity index (χ4n) is 5.04. The van der Waals surface area contributed by atoms with Crippen molar-refractivity contribution in [2.24, 2.45) is 10.8 Å². The molecule has 0 aromatic heterocycles. The summed E-state index contributed by atoms with van der Waals surface area (Å²) >= 11 is 2.15. The lowest BCUT2D eigenvalue weighted by atomic mass is 9.85. The number of carboxylic acids is 2. The van der Waals surface area contributed by atoms with Gasteiger partial charge >= 0.3 is 23.9 Å². The van der Waals surface area contributed by atoms with Gasteiger partial charge in [-0.2, -0.15) is 0 Å². The molecule has 4 aliphatic heterocycles. The molecule has 1 fully saturated rings. The first-order chi connectivity index (χ1) is 26.0. The van der Waals surface area contributed by atoms with Gasteiger partial charge in [0.05, 0.1) is 62.8 Å². The number of benzene rings is 2. The van der Waals surface area contributed by atoms with E-state index in [4.69, 9.17) is 38.6 Å². The highest BCUT2D eigenvalue weighted by Gasteiger charge is 2.35.